The summed E-state index contributed by atoms with van der Waals surface area (Å²) in [5.41, 5.74) is 0. The van der Waals surface area contributed by atoms with Crippen LogP contribution in [0.4, 0.5) is 4.39 Å². The molecule has 0 amide bonds. The van der Waals surface area contributed by atoms with Crippen LogP contribution < -0.4 is 10.1 Å². The average Bonchev–Trinajstić information content (AvgIpc) is 2.25. The third-order valence-electron chi connectivity index (χ3n) is 2.29. The van der Waals surface area contributed by atoms with Gasteiger partial charge in [0.1, 0.15) is 11.6 Å². The van der Waals surface area contributed by atoms with E-state index in [1.165, 1.54) is 12.1 Å². The van der Waals surface area contributed by atoms with Crippen LogP contribution in [0.15, 0.2) is 22.7 Å². The van der Waals surface area contributed by atoms with Gasteiger partial charge in [0.05, 0.1) is 6.61 Å². The van der Waals surface area contributed by atoms with Crippen LogP contribution in [-0.4, -0.2) is 19.7 Å². The van der Waals surface area contributed by atoms with Gasteiger partial charge in [-0.1, -0.05) is 29.8 Å². The minimum atomic E-state index is -0.286. The van der Waals surface area contributed by atoms with Crippen molar-refractivity contribution in [1.82, 2.24) is 5.32 Å². The Kier molecular flexibility index (Phi) is 6.52. The maximum Gasteiger partial charge on any atom is 0.128 e. The van der Waals surface area contributed by atoms with Crippen molar-refractivity contribution in [2.45, 2.75) is 20.3 Å². The fourth-order valence-electron chi connectivity index (χ4n) is 1.43. The van der Waals surface area contributed by atoms with Gasteiger partial charge in [-0.3, -0.25) is 0 Å². The van der Waals surface area contributed by atoms with E-state index >= 15 is 0 Å². The summed E-state index contributed by atoms with van der Waals surface area (Å²) in [5.74, 6) is 0.689. The first-order chi connectivity index (χ1) is 8.11. The number of halogens is 2. The lowest BCUT2D eigenvalue weighted by molar-refractivity contribution is 0.255. The molecule has 0 saturated heterocycles. The van der Waals surface area contributed by atoms with E-state index in [0.29, 0.717) is 22.7 Å². The van der Waals surface area contributed by atoms with Crippen molar-refractivity contribution in [2.24, 2.45) is 5.92 Å². The van der Waals surface area contributed by atoms with Crippen molar-refractivity contribution in [1.29, 1.82) is 0 Å². The van der Waals surface area contributed by atoms with E-state index in [9.17, 15) is 4.39 Å². The van der Waals surface area contributed by atoms with Gasteiger partial charge in [0.25, 0.3) is 0 Å². The number of hydrogen-bond donors (Lipinski definition) is 1. The molecule has 0 saturated carbocycles. The highest BCUT2D eigenvalue weighted by Gasteiger charge is 2.04. The molecular formula is C13H19BrFNO. The quantitative estimate of drug-likeness (QED) is 0.777. The van der Waals surface area contributed by atoms with Gasteiger partial charge in [0.2, 0.25) is 0 Å². The highest BCUT2D eigenvalue weighted by molar-refractivity contribution is 9.10. The highest BCUT2D eigenvalue weighted by atomic mass is 79.9. The van der Waals surface area contributed by atoms with E-state index in [1.54, 1.807) is 6.07 Å². The third kappa shape index (κ3) is 6.03. The van der Waals surface area contributed by atoms with Crippen LogP contribution in [0.5, 0.6) is 5.75 Å². The van der Waals surface area contributed by atoms with Crippen molar-refractivity contribution in [3.63, 3.8) is 0 Å². The topological polar surface area (TPSA) is 21.3 Å². The zero-order valence-electron chi connectivity index (χ0n) is 10.3. The van der Waals surface area contributed by atoms with Gasteiger partial charge >= 0.3 is 0 Å². The zero-order chi connectivity index (χ0) is 12.7. The zero-order valence-corrected chi connectivity index (χ0v) is 11.9. The van der Waals surface area contributed by atoms with Crippen molar-refractivity contribution in [2.75, 3.05) is 19.7 Å². The van der Waals surface area contributed by atoms with Crippen LogP contribution in [-0.2, 0) is 0 Å². The minimum absolute atomic E-state index is 0.286. The van der Waals surface area contributed by atoms with Crippen LogP contribution >= 0.6 is 15.9 Å². The second-order valence-corrected chi connectivity index (χ2v) is 5.14. The van der Waals surface area contributed by atoms with Gasteiger partial charge in [-0.15, -0.1) is 0 Å². The largest absolute Gasteiger partial charge is 0.493 e. The molecule has 2 nitrogen and oxygen atoms in total. The van der Waals surface area contributed by atoms with Gasteiger partial charge in [-0.2, -0.15) is 0 Å². The Bertz CT molecular complexity index is 326. The fraction of sp³-hybridized carbons (Fsp3) is 0.538. The Labute approximate surface area is 111 Å². The molecule has 0 radical (unpaired) electrons. The molecule has 0 aliphatic carbocycles. The molecule has 1 aromatic rings. The molecule has 0 heterocycles. The standard InChI is InChI=1S/C13H19BrFNO/c1-3-4-16-8-10(2)9-17-13-6-11(14)5-12(15)7-13/h5-7,10,16H,3-4,8-9H2,1-2H3. The van der Waals surface area contributed by atoms with Crippen LogP contribution in [0.1, 0.15) is 20.3 Å². The third-order valence-corrected chi connectivity index (χ3v) is 2.75. The summed E-state index contributed by atoms with van der Waals surface area (Å²) in [6.07, 6.45) is 1.13. The summed E-state index contributed by atoms with van der Waals surface area (Å²) in [7, 11) is 0. The summed E-state index contributed by atoms with van der Waals surface area (Å²) in [6.45, 7) is 6.78. The molecule has 1 unspecified atom stereocenters. The number of nitrogens with one attached hydrogen (secondary N) is 1. The van der Waals surface area contributed by atoms with Crippen molar-refractivity contribution >= 4 is 15.9 Å². The normalized spacial score (nSPS) is 12.5. The molecule has 0 aliphatic heterocycles. The van der Waals surface area contributed by atoms with E-state index in [-0.39, 0.29) is 5.82 Å². The van der Waals surface area contributed by atoms with Gasteiger partial charge in [-0.25, -0.2) is 4.39 Å². The highest BCUT2D eigenvalue weighted by Crippen LogP contribution is 2.20. The molecule has 17 heavy (non-hydrogen) atoms. The predicted molar refractivity (Wildman–Crippen MR) is 71.9 cm³/mol. The molecule has 1 atom stereocenters. The Morgan fingerprint density at radius 2 is 2.18 bits per heavy atom. The number of rotatable bonds is 7. The molecule has 0 aromatic heterocycles. The first kappa shape index (κ1) is 14.5. The molecule has 1 N–H and O–H groups in total. The average molecular weight is 304 g/mol. The molecule has 0 aliphatic rings. The van der Waals surface area contributed by atoms with Crippen LogP contribution in [0.2, 0.25) is 0 Å². The Morgan fingerprint density at radius 1 is 1.41 bits per heavy atom. The molecule has 0 fully saturated rings. The maximum absolute atomic E-state index is 13.1. The molecule has 4 heteroatoms. The second-order valence-electron chi connectivity index (χ2n) is 4.23. The van der Waals surface area contributed by atoms with Crippen LogP contribution in [0, 0.1) is 11.7 Å². The Hall–Kier alpha value is -0.610. The van der Waals surface area contributed by atoms with Crippen molar-refractivity contribution in [3.05, 3.63) is 28.5 Å². The monoisotopic (exact) mass is 303 g/mol. The van der Waals surface area contributed by atoms with E-state index in [1.807, 2.05) is 0 Å². The Balaban J connectivity index is 2.34. The molecule has 1 rings (SSSR count). The first-order valence-corrected chi connectivity index (χ1v) is 6.70. The molecule has 0 spiro atoms. The molecule has 1 aromatic carbocycles. The lowest BCUT2D eigenvalue weighted by Gasteiger charge is -2.14. The van der Waals surface area contributed by atoms with E-state index < -0.39 is 0 Å². The molecule has 0 bridgehead atoms. The van der Waals surface area contributed by atoms with Gasteiger partial charge in [-0.05, 0) is 25.1 Å². The lowest BCUT2D eigenvalue weighted by Crippen LogP contribution is -2.25. The summed E-state index contributed by atoms with van der Waals surface area (Å²) >= 11 is 3.24. The minimum Gasteiger partial charge on any atom is -0.493 e. The van der Waals surface area contributed by atoms with Gasteiger partial charge in [0, 0.05) is 23.0 Å². The van der Waals surface area contributed by atoms with Gasteiger partial charge < -0.3 is 10.1 Å². The lowest BCUT2D eigenvalue weighted by atomic mass is 10.2. The SMILES string of the molecule is CCCNCC(C)COc1cc(F)cc(Br)c1. The van der Waals surface area contributed by atoms with Crippen molar-refractivity contribution < 1.29 is 9.13 Å². The van der Waals surface area contributed by atoms with E-state index in [2.05, 4.69) is 35.1 Å². The van der Waals surface area contributed by atoms with E-state index in [4.69, 9.17) is 4.74 Å². The number of ether oxygens (including phenoxy) is 1. The summed E-state index contributed by atoms with van der Waals surface area (Å²) < 4.78 is 19.3. The predicted octanol–water partition coefficient (Wildman–Crippen LogP) is 3.60. The summed E-state index contributed by atoms with van der Waals surface area (Å²) in [4.78, 5) is 0. The summed E-state index contributed by atoms with van der Waals surface area (Å²) in [6, 6.07) is 4.59. The maximum atomic E-state index is 13.1. The first-order valence-electron chi connectivity index (χ1n) is 5.91. The molecule has 96 valence electrons. The van der Waals surface area contributed by atoms with Crippen LogP contribution in [0.25, 0.3) is 0 Å². The van der Waals surface area contributed by atoms with Crippen LogP contribution in [0.3, 0.4) is 0 Å². The van der Waals surface area contributed by atoms with E-state index in [0.717, 1.165) is 19.5 Å². The smallest absolute Gasteiger partial charge is 0.128 e. The Morgan fingerprint density at radius 3 is 2.82 bits per heavy atom. The second kappa shape index (κ2) is 7.67. The molecular weight excluding hydrogens is 285 g/mol. The van der Waals surface area contributed by atoms with Crippen molar-refractivity contribution in [3.8, 4) is 5.75 Å². The number of hydrogen-bond acceptors (Lipinski definition) is 2. The van der Waals surface area contributed by atoms with Gasteiger partial charge in [0.15, 0.2) is 0 Å². The number of benzene rings is 1. The fourth-order valence-corrected chi connectivity index (χ4v) is 1.88. The summed E-state index contributed by atoms with van der Waals surface area (Å²) in [5, 5.41) is 3.33.